The number of ketones is 1. The van der Waals surface area contributed by atoms with Crippen molar-refractivity contribution in [3.05, 3.63) is 12.2 Å². The van der Waals surface area contributed by atoms with Crippen LogP contribution < -0.4 is 0 Å². The van der Waals surface area contributed by atoms with Gasteiger partial charge in [-0.3, -0.25) is 4.79 Å². The van der Waals surface area contributed by atoms with Crippen LogP contribution in [0.5, 0.6) is 0 Å². The highest BCUT2D eigenvalue weighted by Crippen LogP contribution is 2.11. The summed E-state index contributed by atoms with van der Waals surface area (Å²) in [4.78, 5) is 22.2. The monoisotopic (exact) mass is 398 g/mol. The molecule has 2 N–H and O–H groups in total. The second-order valence-electron chi connectivity index (χ2n) is 7.66. The second-order valence-corrected chi connectivity index (χ2v) is 7.66. The van der Waals surface area contributed by atoms with Gasteiger partial charge in [0.1, 0.15) is 18.5 Å². The lowest BCUT2D eigenvalue weighted by molar-refractivity contribution is -0.147. The SMILES string of the molecule is CC(=O)CCCCCCCCC=CCCCCCCCC(=O)OCC(O)CO. The van der Waals surface area contributed by atoms with E-state index < -0.39 is 6.10 Å². The lowest BCUT2D eigenvalue weighted by Gasteiger charge is -2.08. The molecule has 1 atom stereocenters. The molecule has 0 radical (unpaired) electrons. The van der Waals surface area contributed by atoms with Crippen LogP contribution in [0.3, 0.4) is 0 Å². The van der Waals surface area contributed by atoms with Gasteiger partial charge in [0.15, 0.2) is 0 Å². The van der Waals surface area contributed by atoms with Crippen LogP contribution in [-0.2, 0) is 14.3 Å². The van der Waals surface area contributed by atoms with Crippen molar-refractivity contribution in [3.8, 4) is 0 Å². The van der Waals surface area contributed by atoms with E-state index in [1.807, 2.05) is 0 Å². The van der Waals surface area contributed by atoms with Gasteiger partial charge in [-0.1, -0.05) is 57.1 Å². The number of allylic oxidation sites excluding steroid dienone is 2. The highest BCUT2D eigenvalue weighted by molar-refractivity contribution is 5.75. The first-order valence-electron chi connectivity index (χ1n) is 11.1. The van der Waals surface area contributed by atoms with Gasteiger partial charge in [-0.05, 0) is 45.4 Å². The third kappa shape index (κ3) is 21.1. The van der Waals surface area contributed by atoms with E-state index in [1.54, 1.807) is 6.92 Å². The molecule has 0 saturated heterocycles. The van der Waals surface area contributed by atoms with Crippen molar-refractivity contribution in [3.63, 3.8) is 0 Å². The predicted octanol–water partition coefficient (Wildman–Crippen LogP) is 4.88. The summed E-state index contributed by atoms with van der Waals surface area (Å²) < 4.78 is 4.86. The third-order valence-corrected chi connectivity index (χ3v) is 4.72. The summed E-state index contributed by atoms with van der Waals surface area (Å²) in [6.07, 6.45) is 19.7. The van der Waals surface area contributed by atoms with E-state index in [9.17, 15) is 9.59 Å². The van der Waals surface area contributed by atoms with Crippen molar-refractivity contribution >= 4 is 11.8 Å². The molecule has 0 spiro atoms. The molecule has 5 heteroatoms. The van der Waals surface area contributed by atoms with E-state index in [-0.39, 0.29) is 19.2 Å². The maximum atomic E-state index is 11.4. The number of hydrogen-bond donors (Lipinski definition) is 2. The van der Waals surface area contributed by atoms with Crippen LogP contribution in [0, 0.1) is 0 Å². The lowest BCUT2D eigenvalue weighted by Crippen LogP contribution is -2.21. The Morgan fingerprint density at radius 3 is 1.75 bits per heavy atom. The van der Waals surface area contributed by atoms with Crippen LogP contribution in [-0.4, -0.2) is 41.3 Å². The summed E-state index contributed by atoms with van der Waals surface area (Å²) in [5.74, 6) is 0.00756. The second kappa shape index (κ2) is 20.5. The molecule has 0 saturated carbocycles. The molecule has 5 nitrogen and oxygen atoms in total. The zero-order valence-electron chi connectivity index (χ0n) is 17.9. The summed E-state index contributed by atoms with van der Waals surface area (Å²) >= 11 is 0. The molecule has 0 rings (SSSR count). The smallest absolute Gasteiger partial charge is 0.305 e. The molecule has 0 bridgehead atoms. The minimum Gasteiger partial charge on any atom is -0.463 e. The quantitative estimate of drug-likeness (QED) is 0.173. The van der Waals surface area contributed by atoms with E-state index >= 15 is 0 Å². The molecule has 0 aliphatic carbocycles. The van der Waals surface area contributed by atoms with Crippen LogP contribution in [0.25, 0.3) is 0 Å². The molecule has 0 aromatic carbocycles. The number of unbranched alkanes of at least 4 members (excludes halogenated alkanes) is 11. The maximum Gasteiger partial charge on any atom is 0.305 e. The average molecular weight is 399 g/mol. The molecule has 0 aliphatic heterocycles. The number of ether oxygens (including phenoxy) is 1. The fourth-order valence-electron chi connectivity index (χ4n) is 2.95. The van der Waals surface area contributed by atoms with Crippen molar-refractivity contribution in [2.75, 3.05) is 13.2 Å². The molecule has 0 heterocycles. The van der Waals surface area contributed by atoms with Crippen LogP contribution in [0.2, 0.25) is 0 Å². The fraction of sp³-hybridized carbons (Fsp3) is 0.826. The molecular formula is C23H42O5. The van der Waals surface area contributed by atoms with Crippen molar-refractivity contribution in [2.24, 2.45) is 0 Å². The van der Waals surface area contributed by atoms with E-state index in [1.165, 1.54) is 51.4 Å². The first kappa shape index (κ1) is 26.8. The van der Waals surface area contributed by atoms with Crippen LogP contribution in [0.1, 0.15) is 103 Å². The van der Waals surface area contributed by atoms with E-state index in [2.05, 4.69) is 12.2 Å². The lowest BCUT2D eigenvalue weighted by atomic mass is 10.1. The van der Waals surface area contributed by atoms with Crippen molar-refractivity contribution in [2.45, 2.75) is 109 Å². The van der Waals surface area contributed by atoms with Gasteiger partial charge in [0.25, 0.3) is 0 Å². The Hall–Kier alpha value is -1.20. The van der Waals surface area contributed by atoms with Crippen molar-refractivity contribution in [1.29, 1.82) is 0 Å². The van der Waals surface area contributed by atoms with Crippen LogP contribution in [0.4, 0.5) is 0 Å². The molecule has 1 unspecified atom stereocenters. The van der Waals surface area contributed by atoms with Gasteiger partial charge >= 0.3 is 5.97 Å². The molecule has 0 amide bonds. The van der Waals surface area contributed by atoms with Crippen molar-refractivity contribution in [1.82, 2.24) is 0 Å². The first-order chi connectivity index (χ1) is 13.6. The van der Waals surface area contributed by atoms with Gasteiger partial charge in [0.05, 0.1) is 6.61 Å². The Bertz CT molecular complexity index is 406. The zero-order valence-corrected chi connectivity index (χ0v) is 17.9. The van der Waals surface area contributed by atoms with E-state index in [4.69, 9.17) is 14.9 Å². The molecule has 0 aliphatic rings. The number of aliphatic hydroxyl groups is 2. The molecule has 28 heavy (non-hydrogen) atoms. The Morgan fingerprint density at radius 2 is 1.25 bits per heavy atom. The topological polar surface area (TPSA) is 83.8 Å². The number of hydrogen-bond acceptors (Lipinski definition) is 5. The summed E-state index contributed by atoms with van der Waals surface area (Å²) in [5.41, 5.74) is 0. The zero-order chi connectivity index (χ0) is 20.9. The summed E-state index contributed by atoms with van der Waals surface area (Å²) in [6, 6.07) is 0. The van der Waals surface area contributed by atoms with Crippen LogP contribution in [0.15, 0.2) is 12.2 Å². The van der Waals surface area contributed by atoms with Gasteiger partial charge in [-0.25, -0.2) is 0 Å². The average Bonchev–Trinajstić information content (AvgIpc) is 2.68. The number of esters is 1. The largest absolute Gasteiger partial charge is 0.463 e. The van der Waals surface area contributed by atoms with Gasteiger partial charge in [0.2, 0.25) is 0 Å². The van der Waals surface area contributed by atoms with Gasteiger partial charge < -0.3 is 19.7 Å². The Morgan fingerprint density at radius 1 is 0.786 bits per heavy atom. The molecule has 164 valence electrons. The van der Waals surface area contributed by atoms with E-state index in [0.29, 0.717) is 12.2 Å². The van der Waals surface area contributed by atoms with Gasteiger partial charge in [-0.15, -0.1) is 0 Å². The third-order valence-electron chi connectivity index (χ3n) is 4.72. The van der Waals surface area contributed by atoms with Gasteiger partial charge in [-0.2, -0.15) is 0 Å². The maximum absolute atomic E-state index is 11.4. The molecule has 0 fully saturated rings. The number of aliphatic hydroxyl groups excluding tert-OH is 2. The first-order valence-corrected chi connectivity index (χ1v) is 11.1. The van der Waals surface area contributed by atoms with Gasteiger partial charge in [0, 0.05) is 12.8 Å². The van der Waals surface area contributed by atoms with E-state index in [0.717, 1.165) is 38.5 Å². The highest BCUT2D eigenvalue weighted by Gasteiger charge is 2.07. The van der Waals surface area contributed by atoms with Crippen LogP contribution >= 0.6 is 0 Å². The number of Topliss-reactive ketones (excluding diaryl/α,β-unsaturated/α-hetero) is 1. The minimum absolute atomic E-state index is 0.122. The number of carbonyl (C=O) groups is 2. The number of rotatable bonds is 20. The Balaban J connectivity index is 3.23. The number of carbonyl (C=O) groups excluding carboxylic acids is 2. The summed E-state index contributed by atoms with van der Waals surface area (Å²) in [5, 5.41) is 17.7. The summed E-state index contributed by atoms with van der Waals surface area (Å²) in [6.45, 7) is 1.16. The summed E-state index contributed by atoms with van der Waals surface area (Å²) in [7, 11) is 0. The molecule has 0 aromatic heterocycles. The molecular weight excluding hydrogens is 356 g/mol. The molecule has 0 aromatic rings. The Kier molecular flexibility index (Phi) is 19.7. The fourth-order valence-corrected chi connectivity index (χ4v) is 2.95. The highest BCUT2D eigenvalue weighted by atomic mass is 16.5. The standard InChI is InChI=1S/C23H42O5/c1-21(25)17-15-13-11-9-7-5-3-2-4-6-8-10-12-14-16-18-23(27)28-20-22(26)19-24/h2,4,22,24,26H,3,5-20H2,1H3. The predicted molar refractivity (Wildman–Crippen MR) is 113 cm³/mol. The van der Waals surface area contributed by atoms with Crippen molar-refractivity contribution < 1.29 is 24.5 Å². The normalized spacial score (nSPS) is 12.4. The minimum atomic E-state index is -0.972. The Labute approximate surface area is 171 Å².